The van der Waals surface area contributed by atoms with Crippen LogP contribution in [0.15, 0.2) is 18.2 Å². The van der Waals surface area contributed by atoms with E-state index in [4.69, 9.17) is 14.1 Å². The van der Waals surface area contributed by atoms with E-state index in [1.54, 1.807) is 6.07 Å². The molecular formula is C19H30N2O+2. The topological polar surface area (TPSA) is 20.2 Å². The van der Waals surface area contributed by atoms with Gasteiger partial charge in [-0.3, -0.25) is 8.97 Å². The minimum Gasteiger partial charge on any atom is -0.507 e. The first kappa shape index (κ1) is 17.3. The van der Waals surface area contributed by atoms with Gasteiger partial charge < -0.3 is 5.11 Å². The van der Waals surface area contributed by atoms with Crippen molar-refractivity contribution < 1.29 is 14.1 Å². The maximum absolute atomic E-state index is 10.6. The van der Waals surface area contributed by atoms with Crippen LogP contribution in [0.1, 0.15) is 44.2 Å². The van der Waals surface area contributed by atoms with Crippen molar-refractivity contribution in [3.63, 3.8) is 0 Å². The molecule has 2 rings (SSSR count). The molecule has 2 atom stereocenters. The summed E-state index contributed by atoms with van der Waals surface area (Å²) in [6, 6.07) is 5.76. The molecular weight excluding hydrogens is 272 g/mol. The summed E-state index contributed by atoms with van der Waals surface area (Å²) in [5, 5.41) is 10.6. The van der Waals surface area contributed by atoms with Crippen molar-refractivity contribution in [3.8, 4) is 5.75 Å². The fourth-order valence-electron chi connectivity index (χ4n) is 4.53. The molecule has 0 fully saturated rings. The molecule has 0 bridgehead atoms. The Morgan fingerprint density at radius 2 is 1.64 bits per heavy atom. The van der Waals surface area contributed by atoms with Gasteiger partial charge in [-0.25, -0.2) is 0 Å². The van der Waals surface area contributed by atoms with Crippen LogP contribution >= 0.6 is 0 Å². The molecule has 1 aromatic rings. The first-order valence-corrected chi connectivity index (χ1v) is 8.33. The van der Waals surface area contributed by atoms with E-state index in [0.29, 0.717) is 14.7 Å². The third-order valence-corrected chi connectivity index (χ3v) is 5.34. The summed E-state index contributed by atoms with van der Waals surface area (Å²) in [6.07, 6.45) is 3.72. The van der Waals surface area contributed by atoms with Crippen LogP contribution in [0.4, 0.5) is 0 Å². The van der Waals surface area contributed by atoms with Gasteiger partial charge in [0.1, 0.15) is 11.3 Å². The molecule has 0 amide bonds. The first-order chi connectivity index (χ1) is 10.2. The van der Waals surface area contributed by atoms with E-state index in [9.17, 15) is 5.11 Å². The molecule has 1 aliphatic rings. The second kappa shape index (κ2) is 5.86. The Bertz CT molecular complexity index is 516. The van der Waals surface area contributed by atoms with Gasteiger partial charge >= 0.3 is 0 Å². The highest BCUT2D eigenvalue weighted by atomic mass is 16.3. The number of aromatic hydroxyl groups is 1. The van der Waals surface area contributed by atoms with Crippen LogP contribution in [-0.2, 0) is 12.1 Å². The maximum atomic E-state index is 10.6. The molecule has 0 saturated carbocycles. The fourth-order valence-corrected chi connectivity index (χ4v) is 4.53. The molecule has 22 heavy (non-hydrogen) atoms. The summed E-state index contributed by atoms with van der Waals surface area (Å²) in [7, 11) is 17.7. The van der Waals surface area contributed by atoms with Crippen molar-refractivity contribution in [2.24, 2.45) is 0 Å². The Hall–Kier alpha value is -1.06. The number of fused-ring (bicyclic) bond motifs is 1. The lowest BCUT2D eigenvalue weighted by atomic mass is 9.91. The third-order valence-electron chi connectivity index (χ3n) is 5.34. The Kier molecular flexibility index (Phi) is 4.61. The van der Waals surface area contributed by atoms with Gasteiger partial charge in [0.05, 0.1) is 33.6 Å². The highest BCUT2D eigenvalue weighted by Crippen LogP contribution is 2.53. The van der Waals surface area contributed by atoms with Crippen LogP contribution in [0.2, 0.25) is 0 Å². The molecule has 2 unspecified atom stereocenters. The molecule has 0 aliphatic heterocycles. The second-order valence-electron chi connectivity index (χ2n) is 7.11. The molecule has 4 radical (unpaired) electrons. The van der Waals surface area contributed by atoms with E-state index in [-0.39, 0.29) is 0 Å². The van der Waals surface area contributed by atoms with Gasteiger partial charge in [-0.05, 0) is 30.9 Å². The zero-order chi connectivity index (χ0) is 16.6. The summed E-state index contributed by atoms with van der Waals surface area (Å²) >= 11 is 0. The van der Waals surface area contributed by atoms with Gasteiger partial charge in [0.2, 0.25) is 14.1 Å². The molecule has 3 heteroatoms. The number of quaternary nitrogens is 2. The Morgan fingerprint density at radius 3 is 2.14 bits per heavy atom. The van der Waals surface area contributed by atoms with Crippen LogP contribution in [0.5, 0.6) is 5.75 Å². The predicted molar refractivity (Wildman–Crippen MR) is 89.4 cm³/mol. The number of phenols is 1. The van der Waals surface area contributed by atoms with Crippen molar-refractivity contribution in [2.45, 2.75) is 45.2 Å². The number of hydrogen-bond acceptors (Lipinski definition) is 1. The van der Waals surface area contributed by atoms with E-state index >= 15 is 0 Å². The average Bonchev–Trinajstić information content (AvgIpc) is 2.81. The highest BCUT2D eigenvalue weighted by Gasteiger charge is 2.63. The maximum Gasteiger partial charge on any atom is 0.257 e. The number of phenolic OH excluding ortho intramolecular Hbond substituents is 1. The lowest BCUT2D eigenvalue weighted by Gasteiger charge is -2.53. The number of hydrogen-bond donors (Lipinski definition) is 1. The molecule has 3 nitrogen and oxygen atoms in total. The highest BCUT2D eigenvalue weighted by molar-refractivity contribution is 5.45. The lowest BCUT2D eigenvalue weighted by Crippen LogP contribution is -2.69. The van der Waals surface area contributed by atoms with Crippen molar-refractivity contribution in [1.29, 1.82) is 0 Å². The zero-order valence-corrected chi connectivity index (χ0v) is 14.5. The van der Waals surface area contributed by atoms with Crippen molar-refractivity contribution >= 4 is 0 Å². The van der Waals surface area contributed by atoms with Gasteiger partial charge in [0, 0.05) is 0 Å². The molecule has 120 valence electrons. The number of benzene rings is 1. The normalized spacial score (nSPS) is 17.5. The quantitative estimate of drug-likeness (QED) is 0.629. The number of nitrogens with zero attached hydrogens (tertiary/aromatic N) is 2. The molecule has 0 saturated heterocycles. The molecule has 1 N–H and O–H groups in total. The largest absolute Gasteiger partial charge is 0.507 e. The molecule has 1 aromatic carbocycles. The summed E-state index contributed by atoms with van der Waals surface area (Å²) in [6.45, 7) is 5.92. The van der Waals surface area contributed by atoms with Gasteiger partial charge in [-0.1, -0.05) is 26.0 Å². The fraction of sp³-hybridized carbons (Fsp3) is 0.579. The Labute approximate surface area is 136 Å². The van der Waals surface area contributed by atoms with Crippen molar-refractivity contribution in [1.82, 2.24) is 0 Å². The number of rotatable bonds is 6. The van der Waals surface area contributed by atoms with Crippen LogP contribution in [-0.4, -0.2) is 41.3 Å². The van der Waals surface area contributed by atoms with Gasteiger partial charge in [0.15, 0.2) is 0 Å². The minimum atomic E-state index is -0.507. The smallest absolute Gasteiger partial charge is 0.257 e. The Morgan fingerprint density at radius 1 is 1.09 bits per heavy atom. The van der Waals surface area contributed by atoms with E-state index < -0.39 is 5.66 Å². The summed E-state index contributed by atoms with van der Waals surface area (Å²) < 4.78 is 0.613. The van der Waals surface area contributed by atoms with Crippen LogP contribution in [0, 0.1) is 14.1 Å². The first-order valence-electron chi connectivity index (χ1n) is 8.33. The standard InChI is InChI=1S/C19H30N2O/c1-7-14-20(3,4)19(21(5,6)15-8-2)13-12-16-10-9-11-17(22)18(16)19/h3,5,9-11,22H,7-8,12-15H2,1-2,4,6H3/q+2. The predicted octanol–water partition coefficient (Wildman–Crippen LogP) is 3.54. The zero-order valence-electron chi connectivity index (χ0n) is 14.5. The lowest BCUT2D eigenvalue weighted by molar-refractivity contribution is -1.13. The van der Waals surface area contributed by atoms with Gasteiger partial charge in [0.25, 0.3) is 5.66 Å². The summed E-state index contributed by atoms with van der Waals surface area (Å²) in [4.78, 5) is 0. The van der Waals surface area contributed by atoms with Gasteiger partial charge in [-0.15, -0.1) is 0 Å². The number of aryl methyl sites for hydroxylation is 1. The molecule has 1 aliphatic carbocycles. The van der Waals surface area contributed by atoms with Crippen molar-refractivity contribution in [3.05, 3.63) is 43.4 Å². The van der Waals surface area contributed by atoms with Gasteiger partial charge in [-0.2, -0.15) is 0 Å². The monoisotopic (exact) mass is 302 g/mol. The Balaban J connectivity index is 2.71. The second-order valence-corrected chi connectivity index (χ2v) is 7.11. The SMILES string of the molecule is [CH][N+](C)(CCC)C1([N+]([CH])(C)CCC)CCc2cccc(O)c21. The molecule has 0 aromatic heterocycles. The van der Waals surface area contributed by atoms with E-state index in [1.807, 2.05) is 20.2 Å². The van der Waals surface area contributed by atoms with Crippen molar-refractivity contribution in [2.75, 3.05) is 27.2 Å². The van der Waals surface area contributed by atoms with E-state index in [1.165, 1.54) is 5.56 Å². The molecule has 0 spiro atoms. The van der Waals surface area contributed by atoms with Crippen LogP contribution < -0.4 is 0 Å². The molecule has 0 heterocycles. The van der Waals surface area contributed by atoms with E-state index in [2.05, 4.69) is 19.9 Å². The third kappa shape index (κ3) is 2.35. The van der Waals surface area contributed by atoms with E-state index in [0.717, 1.165) is 44.3 Å². The summed E-state index contributed by atoms with van der Waals surface area (Å²) in [5.41, 5.74) is 1.62. The summed E-state index contributed by atoms with van der Waals surface area (Å²) in [5.74, 6) is 0.326. The van der Waals surface area contributed by atoms with Crippen LogP contribution in [0.25, 0.3) is 0 Å². The van der Waals surface area contributed by atoms with Crippen LogP contribution in [0.3, 0.4) is 0 Å². The average molecular weight is 302 g/mol. The minimum absolute atomic E-state index is 0.307.